The van der Waals surface area contributed by atoms with Gasteiger partial charge in [-0.05, 0) is 43.9 Å². The maximum absolute atomic E-state index is 10.8. The lowest BCUT2D eigenvalue weighted by molar-refractivity contribution is -0.0706. The quantitative estimate of drug-likeness (QED) is 0.747. The lowest BCUT2D eigenvalue weighted by atomic mass is 9.80. The first-order valence-electron chi connectivity index (χ1n) is 7.00. The second-order valence-corrected chi connectivity index (χ2v) is 5.45. The van der Waals surface area contributed by atoms with E-state index in [2.05, 4.69) is 17.6 Å². The molecule has 1 fully saturated rings. The molecule has 0 aromatic heterocycles. The highest BCUT2D eigenvalue weighted by molar-refractivity contribution is 5.87. The number of nitrogens with two attached hydrogens (primary N) is 1. The van der Waals surface area contributed by atoms with Crippen LogP contribution < -0.4 is 16.4 Å². The fraction of sp³-hybridized carbons (Fsp3) is 0.533. The van der Waals surface area contributed by atoms with Crippen LogP contribution in [-0.4, -0.2) is 25.3 Å². The Kier molecular flexibility index (Phi) is 4.62. The Hall–Kier alpha value is -1.59. The number of methoxy groups -OCH3 is 1. The van der Waals surface area contributed by atoms with E-state index >= 15 is 0 Å². The van der Waals surface area contributed by atoms with Crippen molar-refractivity contribution in [3.05, 3.63) is 29.8 Å². The number of ether oxygens (including phenoxy) is 1. The molecule has 0 aliphatic heterocycles. The average Bonchev–Trinajstić information content (AvgIpc) is 2.38. The van der Waals surface area contributed by atoms with Crippen LogP contribution in [0.2, 0.25) is 0 Å². The Balaban J connectivity index is 1.88. The maximum atomic E-state index is 10.8. The van der Waals surface area contributed by atoms with Crippen molar-refractivity contribution in [2.75, 3.05) is 19.0 Å². The molecule has 1 unspecified atom stereocenters. The number of rotatable bonds is 6. The molecule has 2 amide bonds. The van der Waals surface area contributed by atoms with Crippen LogP contribution in [0.4, 0.5) is 10.5 Å². The van der Waals surface area contributed by atoms with E-state index < -0.39 is 6.03 Å². The minimum absolute atomic E-state index is 0.0295. The van der Waals surface area contributed by atoms with Gasteiger partial charge in [-0.1, -0.05) is 12.1 Å². The average molecular weight is 277 g/mol. The van der Waals surface area contributed by atoms with Gasteiger partial charge in [0.1, 0.15) is 0 Å². The molecule has 0 spiro atoms. The number of nitrogens with one attached hydrogen (secondary N) is 2. The number of amides is 2. The first-order valence-corrected chi connectivity index (χ1v) is 7.00. The number of urea groups is 1. The summed E-state index contributed by atoms with van der Waals surface area (Å²) in [5.41, 5.74) is 6.99. The Morgan fingerprint density at radius 2 is 2.05 bits per heavy atom. The van der Waals surface area contributed by atoms with E-state index in [-0.39, 0.29) is 11.6 Å². The van der Waals surface area contributed by atoms with E-state index in [1.165, 1.54) is 12.0 Å². The highest BCUT2D eigenvalue weighted by atomic mass is 16.5. The van der Waals surface area contributed by atoms with E-state index in [9.17, 15) is 4.79 Å². The molecule has 0 bridgehead atoms. The summed E-state index contributed by atoms with van der Waals surface area (Å²) in [6.45, 7) is 2.99. The smallest absolute Gasteiger partial charge is 0.316 e. The predicted octanol–water partition coefficient (Wildman–Crippen LogP) is 2.40. The standard InChI is InChI=1S/C15H23N3O2/c1-11(17-10-15(20-2)8-3-9-15)12-4-6-13(7-5-12)18-14(16)19/h4-7,11,17H,3,8-10H2,1-2H3,(H3,16,18,19). The fourth-order valence-electron chi connectivity index (χ4n) is 2.48. The van der Waals surface area contributed by atoms with Gasteiger partial charge in [-0.2, -0.15) is 0 Å². The molecule has 1 atom stereocenters. The number of hydrogen-bond donors (Lipinski definition) is 3. The minimum atomic E-state index is -0.545. The van der Waals surface area contributed by atoms with Crippen molar-refractivity contribution < 1.29 is 9.53 Å². The molecule has 20 heavy (non-hydrogen) atoms. The van der Waals surface area contributed by atoms with Crippen molar-refractivity contribution in [3.8, 4) is 0 Å². The van der Waals surface area contributed by atoms with Gasteiger partial charge in [-0.3, -0.25) is 0 Å². The van der Waals surface area contributed by atoms with Crippen molar-refractivity contribution in [3.63, 3.8) is 0 Å². The Morgan fingerprint density at radius 3 is 2.50 bits per heavy atom. The summed E-state index contributed by atoms with van der Waals surface area (Å²) in [5.74, 6) is 0. The van der Waals surface area contributed by atoms with Crippen LogP contribution in [0.1, 0.15) is 37.8 Å². The molecule has 2 rings (SSSR count). The predicted molar refractivity (Wildman–Crippen MR) is 79.7 cm³/mol. The molecule has 0 heterocycles. The molecule has 1 aromatic rings. The maximum Gasteiger partial charge on any atom is 0.316 e. The van der Waals surface area contributed by atoms with Gasteiger partial charge in [-0.25, -0.2) is 4.79 Å². The summed E-state index contributed by atoms with van der Waals surface area (Å²) in [6.07, 6.45) is 3.51. The van der Waals surface area contributed by atoms with Gasteiger partial charge in [0.2, 0.25) is 0 Å². The zero-order valence-electron chi connectivity index (χ0n) is 12.1. The monoisotopic (exact) mass is 277 g/mol. The SMILES string of the molecule is COC1(CNC(C)c2ccc(NC(N)=O)cc2)CCC1. The number of anilines is 1. The normalized spacial score (nSPS) is 18.1. The topological polar surface area (TPSA) is 76.4 Å². The van der Waals surface area contributed by atoms with E-state index in [0.717, 1.165) is 19.4 Å². The third-order valence-electron chi connectivity index (χ3n) is 4.11. The van der Waals surface area contributed by atoms with E-state index in [0.29, 0.717) is 5.69 Å². The van der Waals surface area contributed by atoms with Crippen LogP contribution in [-0.2, 0) is 4.74 Å². The van der Waals surface area contributed by atoms with Gasteiger partial charge in [-0.15, -0.1) is 0 Å². The summed E-state index contributed by atoms with van der Waals surface area (Å²) >= 11 is 0. The summed E-state index contributed by atoms with van der Waals surface area (Å²) < 4.78 is 5.60. The van der Waals surface area contributed by atoms with E-state index in [1.54, 1.807) is 7.11 Å². The third-order valence-corrected chi connectivity index (χ3v) is 4.11. The molecular formula is C15H23N3O2. The molecule has 0 radical (unpaired) electrons. The summed E-state index contributed by atoms with van der Waals surface area (Å²) in [6, 6.07) is 7.38. The molecule has 5 heteroatoms. The minimum Gasteiger partial charge on any atom is -0.377 e. The van der Waals surface area contributed by atoms with E-state index in [1.807, 2.05) is 24.3 Å². The summed E-state index contributed by atoms with van der Waals surface area (Å²) in [7, 11) is 1.79. The van der Waals surface area contributed by atoms with Crippen LogP contribution in [0.5, 0.6) is 0 Å². The number of carbonyl (C=O) groups excluding carboxylic acids is 1. The molecule has 5 nitrogen and oxygen atoms in total. The van der Waals surface area contributed by atoms with Crippen molar-refractivity contribution in [1.29, 1.82) is 0 Å². The molecule has 110 valence electrons. The second kappa shape index (κ2) is 6.24. The molecule has 0 saturated heterocycles. The molecule has 1 aliphatic carbocycles. The first kappa shape index (κ1) is 14.8. The van der Waals surface area contributed by atoms with Gasteiger partial charge in [0.15, 0.2) is 0 Å². The number of carbonyl (C=O) groups is 1. The Labute approximate surface area is 119 Å². The molecule has 1 aromatic carbocycles. The zero-order chi connectivity index (χ0) is 14.6. The molecule has 4 N–H and O–H groups in total. The summed E-state index contributed by atoms with van der Waals surface area (Å²) in [4.78, 5) is 10.8. The number of benzene rings is 1. The first-order chi connectivity index (χ1) is 9.54. The van der Waals surface area contributed by atoms with Crippen LogP contribution >= 0.6 is 0 Å². The van der Waals surface area contributed by atoms with Crippen molar-refractivity contribution in [2.45, 2.75) is 37.8 Å². The Morgan fingerprint density at radius 1 is 1.40 bits per heavy atom. The van der Waals surface area contributed by atoms with Gasteiger partial charge in [0.25, 0.3) is 0 Å². The fourth-order valence-corrected chi connectivity index (χ4v) is 2.48. The van der Waals surface area contributed by atoms with Crippen molar-refractivity contribution >= 4 is 11.7 Å². The molecule has 1 saturated carbocycles. The van der Waals surface area contributed by atoms with Crippen molar-refractivity contribution in [1.82, 2.24) is 5.32 Å². The highest BCUT2D eigenvalue weighted by Gasteiger charge is 2.36. The van der Waals surface area contributed by atoms with Gasteiger partial charge >= 0.3 is 6.03 Å². The van der Waals surface area contributed by atoms with Crippen LogP contribution in [0.15, 0.2) is 24.3 Å². The second-order valence-electron chi connectivity index (χ2n) is 5.45. The summed E-state index contributed by atoms with van der Waals surface area (Å²) in [5, 5.41) is 6.07. The largest absolute Gasteiger partial charge is 0.377 e. The number of primary amides is 1. The molecular weight excluding hydrogens is 254 g/mol. The van der Waals surface area contributed by atoms with Gasteiger partial charge in [0, 0.05) is 25.4 Å². The lowest BCUT2D eigenvalue weighted by Crippen LogP contribution is -2.48. The third kappa shape index (κ3) is 3.49. The van der Waals surface area contributed by atoms with E-state index in [4.69, 9.17) is 10.5 Å². The van der Waals surface area contributed by atoms with Gasteiger partial charge < -0.3 is 21.1 Å². The van der Waals surface area contributed by atoms with Gasteiger partial charge in [0.05, 0.1) is 5.60 Å². The molecule has 1 aliphatic rings. The van der Waals surface area contributed by atoms with Crippen LogP contribution in [0, 0.1) is 0 Å². The van der Waals surface area contributed by atoms with Crippen molar-refractivity contribution in [2.24, 2.45) is 5.73 Å². The lowest BCUT2D eigenvalue weighted by Gasteiger charge is -2.41. The zero-order valence-corrected chi connectivity index (χ0v) is 12.1. The Bertz CT molecular complexity index is 449. The van der Waals surface area contributed by atoms with Crippen LogP contribution in [0.3, 0.4) is 0 Å². The number of hydrogen-bond acceptors (Lipinski definition) is 3. The van der Waals surface area contributed by atoms with Crippen LogP contribution in [0.25, 0.3) is 0 Å². The highest BCUT2D eigenvalue weighted by Crippen LogP contribution is 2.34.